The number of aliphatic hydroxyl groups is 1. The Morgan fingerprint density at radius 2 is 2.22 bits per heavy atom. The Kier molecular flexibility index (Phi) is 5.64. The summed E-state index contributed by atoms with van der Waals surface area (Å²) in [5.74, 6) is 0.473. The third-order valence-corrected chi connectivity index (χ3v) is 1.54. The zero-order valence-electron chi connectivity index (χ0n) is 6.30. The maximum Gasteiger partial charge on any atom is 0.0462 e. The first-order chi connectivity index (χ1) is 4.35. The lowest BCUT2D eigenvalue weighted by atomic mass is 10.0. The van der Waals surface area contributed by atoms with E-state index in [4.69, 9.17) is 5.11 Å². The highest BCUT2D eigenvalue weighted by atomic mass is 16.3. The van der Waals surface area contributed by atoms with Gasteiger partial charge in [0.05, 0.1) is 0 Å². The van der Waals surface area contributed by atoms with Crippen molar-refractivity contribution >= 4 is 0 Å². The lowest BCUT2D eigenvalue weighted by molar-refractivity contribution is 0.224. The third kappa shape index (κ3) is 4.22. The van der Waals surface area contributed by atoms with Crippen molar-refractivity contribution in [3.8, 4) is 0 Å². The van der Waals surface area contributed by atoms with Crippen molar-refractivity contribution in [2.45, 2.75) is 26.7 Å². The molecule has 0 aliphatic rings. The van der Waals surface area contributed by atoms with Gasteiger partial charge in [0.25, 0.3) is 0 Å². The normalized spacial score (nSPS) is 14.6. The molecule has 0 saturated heterocycles. The highest BCUT2D eigenvalue weighted by Crippen LogP contribution is 2.06. The predicted molar refractivity (Wildman–Crippen MR) is 40.3 cm³/mol. The summed E-state index contributed by atoms with van der Waals surface area (Å²) in [6.07, 6.45) is 6.22. The quantitative estimate of drug-likeness (QED) is 0.574. The zero-order chi connectivity index (χ0) is 7.11. The minimum Gasteiger partial charge on any atom is -0.396 e. The van der Waals surface area contributed by atoms with Crippen LogP contribution in [0, 0.1) is 5.92 Å². The van der Waals surface area contributed by atoms with Crippen molar-refractivity contribution in [3.63, 3.8) is 0 Å². The van der Waals surface area contributed by atoms with E-state index in [2.05, 4.69) is 13.0 Å². The van der Waals surface area contributed by atoms with E-state index in [0.717, 1.165) is 12.8 Å². The second-order valence-corrected chi connectivity index (χ2v) is 2.26. The van der Waals surface area contributed by atoms with Gasteiger partial charge in [-0.25, -0.2) is 0 Å². The second-order valence-electron chi connectivity index (χ2n) is 2.26. The zero-order valence-corrected chi connectivity index (χ0v) is 6.30. The van der Waals surface area contributed by atoms with Gasteiger partial charge in [0, 0.05) is 6.61 Å². The smallest absolute Gasteiger partial charge is 0.0462 e. The first-order valence-corrected chi connectivity index (χ1v) is 3.57. The fourth-order valence-corrected chi connectivity index (χ4v) is 0.699. The van der Waals surface area contributed by atoms with Gasteiger partial charge in [-0.2, -0.15) is 0 Å². The van der Waals surface area contributed by atoms with Crippen LogP contribution in [0.3, 0.4) is 0 Å². The summed E-state index contributed by atoms with van der Waals surface area (Å²) in [6.45, 7) is 4.43. The molecule has 54 valence electrons. The molecule has 9 heavy (non-hydrogen) atoms. The summed E-state index contributed by atoms with van der Waals surface area (Å²) >= 11 is 0. The Morgan fingerprint density at radius 3 is 2.56 bits per heavy atom. The molecule has 1 atom stereocenters. The molecule has 0 bridgehead atoms. The summed E-state index contributed by atoms with van der Waals surface area (Å²) < 4.78 is 0. The van der Waals surface area contributed by atoms with E-state index in [0.29, 0.717) is 12.5 Å². The Bertz CT molecular complexity index is 72.6. The molecule has 0 rings (SSSR count). The van der Waals surface area contributed by atoms with Crippen LogP contribution >= 0.6 is 0 Å². The molecule has 1 heteroatoms. The van der Waals surface area contributed by atoms with Gasteiger partial charge in [-0.3, -0.25) is 0 Å². The molecule has 0 fully saturated rings. The van der Waals surface area contributed by atoms with E-state index in [-0.39, 0.29) is 0 Å². The molecule has 1 N–H and O–H groups in total. The minimum absolute atomic E-state index is 0.320. The van der Waals surface area contributed by atoms with Crippen molar-refractivity contribution in [1.82, 2.24) is 0 Å². The van der Waals surface area contributed by atoms with Gasteiger partial charge >= 0.3 is 0 Å². The van der Waals surface area contributed by atoms with Gasteiger partial charge in [-0.15, -0.1) is 0 Å². The predicted octanol–water partition coefficient (Wildman–Crippen LogP) is 1.97. The molecule has 0 saturated carbocycles. The van der Waals surface area contributed by atoms with Crippen LogP contribution in [-0.4, -0.2) is 11.7 Å². The molecule has 1 unspecified atom stereocenters. The van der Waals surface area contributed by atoms with Crippen LogP contribution < -0.4 is 0 Å². The van der Waals surface area contributed by atoms with Crippen molar-refractivity contribution in [1.29, 1.82) is 0 Å². The molecule has 0 heterocycles. The maximum absolute atomic E-state index is 8.72. The molecule has 1 nitrogen and oxygen atoms in total. The molecule has 0 aliphatic carbocycles. The fourth-order valence-electron chi connectivity index (χ4n) is 0.699. The number of allylic oxidation sites excluding steroid dienone is 2. The molecule has 0 aromatic carbocycles. The Hall–Kier alpha value is -0.300. The van der Waals surface area contributed by atoms with Gasteiger partial charge in [0.2, 0.25) is 0 Å². The molecule has 0 aromatic rings. The highest BCUT2D eigenvalue weighted by Gasteiger charge is 1.99. The lowest BCUT2D eigenvalue weighted by Gasteiger charge is -2.05. The molecule has 0 aliphatic heterocycles. The monoisotopic (exact) mass is 128 g/mol. The largest absolute Gasteiger partial charge is 0.396 e. The summed E-state index contributed by atoms with van der Waals surface area (Å²) in [4.78, 5) is 0. The molecule has 0 amide bonds. The first-order valence-electron chi connectivity index (χ1n) is 3.57. The number of aliphatic hydroxyl groups excluding tert-OH is 1. The summed E-state index contributed by atoms with van der Waals surface area (Å²) in [5.41, 5.74) is 0. The number of hydrogen-bond acceptors (Lipinski definition) is 1. The molecule has 0 spiro atoms. The van der Waals surface area contributed by atoms with E-state index >= 15 is 0 Å². The second kappa shape index (κ2) is 5.83. The van der Waals surface area contributed by atoms with Crippen molar-refractivity contribution < 1.29 is 5.11 Å². The van der Waals surface area contributed by atoms with Crippen molar-refractivity contribution in [2.75, 3.05) is 6.61 Å². The first kappa shape index (κ1) is 8.70. The average molecular weight is 128 g/mol. The highest BCUT2D eigenvalue weighted by molar-refractivity contribution is 4.79. The van der Waals surface area contributed by atoms with Crippen LogP contribution in [0.5, 0.6) is 0 Å². The summed E-state index contributed by atoms with van der Waals surface area (Å²) in [6, 6.07) is 0. The van der Waals surface area contributed by atoms with Gasteiger partial charge in [0.1, 0.15) is 0 Å². The standard InChI is InChI=1S/C8H16O/c1-3-5-6-8(4-2)7-9/h3,5,8-9H,4,6-7H2,1-2H3/b5-3-. The summed E-state index contributed by atoms with van der Waals surface area (Å²) in [5, 5.41) is 8.72. The van der Waals surface area contributed by atoms with Crippen molar-refractivity contribution in [2.24, 2.45) is 5.92 Å². The van der Waals surface area contributed by atoms with E-state index in [9.17, 15) is 0 Å². The van der Waals surface area contributed by atoms with Crippen molar-refractivity contribution in [3.05, 3.63) is 12.2 Å². The Morgan fingerprint density at radius 1 is 1.56 bits per heavy atom. The van der Waals surface area contributed by atoms with Crippen LogP contribution in [0.15, 0.2) is 12.2 Å². The SMILES string of the molecule is C/C=C\CC(CC)CO. The molecule has 0 aromatic heterocycles. The molecule has 0 radical (unpaired) electrons. The lowest BCUT2D eigenvalue weighted by Crippen LogP contribution is -2.01. The van der Waals surface area contributed by atoms with Gasteiger partial charge in [-0.1, -0.05) is 25.5 Å². The van der Waals surface area contributed by atoms with E-state index in [1.807, 2.05) is 13.0 Å². The number of hydrogen-bond donors (Lipinski definition) is 1. The van der Waals surface area contributed by atoms with Crippen LogP contribution in [0.2, 0.25) is 0 Å². The van der Waals surface area contributed by atoms with Crippen LogP contribution in [-0.2, 0) is 0 Å². The Balaban J connectivity index is 3.31. The van der Waals surface area contributed by atoms with Gasteiger partial charge in [-0.05, 0) is 19.3 Å². The fraction of sp³-hybridized carbons (Fsp3) is 0.750. The van der Waals surface area contributed by atoms with E-state index in [1.54, 1.807) is 0 Å². The number of rotatable bonds is 4. The topological polar surface area (TPSA) is 20.2 Å². The van der Waals surface area contributed by atoms with E-state index in [1.165, 1.54) is 0 Å². The third-order valence-electron chi connectivity index (χ3n) is 1.54. The van der Waals surface area contributed by atoms with Gasteiger partial charge in [0.15, 0.2) is 0 Å². The summed E-state index contributed by atoms with van der Waals surface area (Å²) in [7, 11) is 0. The molecular weight excluding hydrogens is 112 g/mol. The minimum atomic E-state index is 0.320. The van der Waals surface area contributed by atoms with Crippen LogP contribution in [0.4, 0.5) is 0 Å². The van der Waals surface area contributed by atoms with E-state index < -0.39 is 0 Å². The average Bonchev–Trinajstić information content (AvgIpc) is 1.91. The maximum atomic E-state index is 8.72. The van der Waals surface area contributed by atoms with Gasteiger partial charge < -0.3 is 5.11 Å². The van der Waals surface area contributed by atoms with Crippen LogP contribution in [0.1, 0.15) is 26.7 Å². The Labute approximate surface area is 57.4 Å². The van der Waals surface area contributed by atoms with Crippen LogP contribution in [0.25, 0.3) is 0 Å². The molecular formula is C8H16O.